The van der Waals surface area contributed by atoms with Crippen molar-refractivity contribution >= 4 is 26.5 Å². The van der Waals surface area contributed by atoms with Crippen molar-refractivity contribution in [1.29, 1.82) is 5.26 Å². The van der Waals surface area contributed by atoms with Gasteiger partial charge in [-0.05, 0) is 30.3 Å². The van der Waals surface area contributed by atoms with Crippen molar-refractivity contribution in [2.75, 3.05) is 4.72 Å². The summed E-state index contributed by atoms with van der Waals surface area (Å²) in [6, 6.07) is 12.9. The molecule has 0 fully saturated rings. The number of nitrogens with one attached hydrogen (secondary N) is 1. The molecule has 1 N–H and O–H groups in total. The average Bonchev–Trinajstić information content (AvgIpc) is 3.42. The van der Waals surface area contributed by atoms with Crippen LogP contribution in [0.3, 0.4) is 0 Å². The van der Waals surface area contributed by atoms with Crippen LogP contribution in [0, 0.1) is 11.3 Å². The Morgan fingerprint density at radius 2 is 2.03 bits per heavy atom. The number of rotatable bonds is 6. The van der Waals surface area contributed by atoms with Gasteiger partial charge in [0.05, 0.1) is 16.0 Å². The van der Waals surface area contributed by atoms with Gasteiger partial charge in [-0.1, -0.05) is 12.1 Å². The average molecular weight is 425 g/mol. The first-order valence-electron chi connectivity index (χ1n) is 8.07. The van der Waals surface area contributed by atoms with Gasteiger partial charge >= 0.3 is 0 Å². The summed E-state index contributed by atoms with van der Waals surface area (Å²) in [6.45, 7) is 0. The fourth-order valence-electron chi connectivity index (χ4n) is 2.44. The first-order valence-corrected chi connectivity index (χ1v) is 10.4. The maximum Gasteiger partial charge on any atom is 0.263 e. The Morgan fingerprint density at radius 3 is 2.76 bits per heavy atom. The molecule has 0 amide bonds. The number of ether oxygens (including phenoxy) is 1. The third-order valence-corrected chi connectivity index (χ3v) is 5.89. The van der Waals surface area contributed by atoms with E-state index in [4.69, 9.17) is 9.15 Å². The highest BCUT2D eigenvalue weighted by molar-refractivity contribution is 7.93. The van der Waals surface area contributed by atoms with Crippen LogP contribution in [0.25, 0.3) is 11.5 Å². The lowest BCUT2D eigenvalue weighted by atomic mass is 10.2. The number of aromatic nitrogens is 3. The molecule has 144 valence electrons. The van der Waals surface area contributed by atoms with E-state index in [1.807, 2.05) is 6.07 Å². The predicted molar refractivity (Wildman–Crippen MR) is 104 cm³/mol. The molecule has 0 saturated carbocycles. The summed E-state index contributed by atoms with van der Waals surface area (Å²) in [5, 5.41) is 18.9. The summed E-state index contributed by atoms with van der Waals surface area (Å²) in [7, 11) is -3.89. The Hall–Kier alpha value is -3.75. The second-order valence-electron chi connectivity index (χ2n) is 5.55. The Morgan fingerprint density at radius 1 is 1.17 bits per heavy atom. The van der Waals surface area contributed by atoms with Crippen molar-refractivity contribution in [2.45, 2.75) is 4.90 Å². The van der Waals surface area contributed by atoms with Crippen molar-refractivity contribution < 1.29 is 17.6 Å². The van der Waals surface area contributed by atoms with E-state index in [9.17, 15) is 13.7 Å². The van der Waals surface area contributed by atoms with E-state index in [2.05, 4.69) is 19.9 Å². The summed E-state index contributed by atoms with van der Waals surface area (Å²) in [6.07, 6.45) is 2.68. The van der Waals surface area contributed by atoms with Crippen LogP contribution in [0.4, 0.5) is 5.13 Å². The van der Waals surface area contributed by atoms with E-state index < -0.39 is 10.0 Å². The number of anilines is 1. The zero-order chi connectivity index (χ0) is 20.3. The van der Waals surface area contributed by atoms with Crippen LogP contribution in [0.1, 0.15) is 5.56 Å². The molecule has 0 aliphatic rings. The first kappa shape index (κ1) is 18.6. The summed E-state index contributed by atoms with van der Waals surface area (Å²) >= 11 is 1.15. The normalized spacial score (nSPS) is 11.0. The van der Waals surface area contributed by atoms with Crippen LogP contribution in [-0.2, 0) is 10.0 Å². The lowest BCUT2D eigenvalue weighted by molar-refractivity contribution is 0.478. The lowest BCUT2D eigenvalue weighted by Crippen LogP contribution is -2.13. The minimum Gasteiger partial charge on any atom is -0.455 e. The monoisotopic (exact) mass is 425 g/mol. The number of para-hydroxylation sites is 1. The third-order valence-electron chi connectivity index (χ3n) is 3.73. The van der Waals surface area contributed by atoms with Gasteiger partial charge in [0.25, 0.3) is 15.9 Å². The maximum atomic E-state index is 12.5. The fraction of sp³-hybridized carbons (Fsp3) is 0. The van der Waals surface area contributed by atoms with Crippen LogP contribution in [0.5, 0.6) is 11.5 Å². The second-order valence-corrected chi connectivity index (χ2v) is 8.13. The number of nitriles is 1. The van der Waals surface area contributed by atoms with Gasteiger partial charge in [0, 0.05) is 11.6 Å². The highest BCUT2D eigenvalue weighted by Gasteiger charge is 2.19. The maximum absolute atomic E-state index is 12.5. The van der Waals surface area contributed by atoms with E-state index in [-0.39, 0.29) is 27.2 Å². The molecular formula is C18H11N5O4S2. The number of nitrogens with zero attached hydrogens (tertiary/aromatic N) is 4. The number of thiazole rings is 1. The van der Waals surface area contributed by atoms with Gasteiger partial charge in [-0.25, -0.2) is 13.4 Å². The van der Waals surface area contributed by atoms with Gasteiger partial charge in [0.1, 0.15) is 17.6 Å². The summed E-state index contributed by atoms with van der Waals surface area (Å²) in [5.74, 6) is 0.823. The van der Waals surface area contributed by atoms with Gasteiger partial charge in [-0.2, -0.15) is 5.26 Å². The van der Waals surface area contributed by atoms with Gasteiger partial charge in [0.15, 0.2) is 5.13 Å². The number of hydrogen-bond acceptors (Lipinski definition) is 9. The molecule has 0 saturated heterocycles. The van der Waals surface area contributed by atoms with E-state index in [0.29, 0.717) is 11.3 Å². The SMILES string of the molecule is N#Cc1cc(S(=O)(=O)Nc2nccs2)ccc1Oc1ccccc1-c1nnco1. The molecule has 11 heteroatoms. The molecule has 2 heterocycles. The zero-order valence-corrected chi connectivity index (χ0v) is 16.1. The van der Waals surface area contributed by atoms with Crippen LogP contribution < -0.4 is 9.46 Å². The third kappa shape index (κ3) is 3.93. The largest absolute Gasteiger partial charge is 0.455 e. The predicted octanol–water partition coefficient (Wildman–Crippen LogP) is 3.66. The van der Waals surface area contributed by atoms with Gasteiger partial charge in [-0.3, -0.25) is 4.72 Å². The standard InChI is InChI=1S/C18H11N5O4S2/c19-10-12-9-13(29(24,25)23-18-20-7-8-28-18)5-6-15(12)27-16-4-2-1-3-14(16)17-22-21-11-26-17/h1-9,11H,(H,20,23). The van der Waals surface area contributed by atoms with E-state index in [0.717, 1.165) is 11.3 Å². The van der Waals surface area contributed by atoms with Crippen molar-refractivity contribution in [3.63, 3.8) is 0 Å². The van der Waals surface area contributed by atoms with Crippen LogP contribution in [0.2, 0.25) is 0 Å². The number of sulfonamides is 1. The topological polar surface area (TPSA) is 131 Å². The lowest BCUT2D eigenvalue weighted by Gasteiger charge is -2.11. The zero-order valence-electron chi connectivity index (χ0n) is 14.5. The van der Waals surface area contributed by atoms with Crippen molar-refractivity contribution in [3.8, 4) is 29.0 Å². The van der Waals surface area contributed by atoms with Gasteiger partial charge < -0.3 is 9.15 Å². The minimum atomic E-state index is -3.89. The summed E-state index contributed by atoms with van der Waals surface area (Å²) < 4.78 is 38.5. The smallest absolute Gasteiger partial charge is 0.263 e. The van der Waals surface area contributed by atoms with E-state index in [1.54, 1.807) is 29.6 Å². The fourth-order valence-corrected chi connectivity index (χ4v) is 4.26. The summed E-state index contributed by atoms with van der Waals surface area (Å²) in [5.41, 5.74) is 0.586. The van der Waals surface area contributed by atoms with Crippen molar-refractivity contribution in [2.24, 2.45) is 0 Å². The summed E-state index contributed by atoms with van der Waals surface area (Å²) in [4.78, 5) is 3.81. The van der Waals surface area contributed by atoms with Crippen molar-refractivity contribution in [1.82, 2.24) is 15.2 Å². The van der Waals surface area contributed by atoms with Gasteiger partial charge in [-0.15, -0.1) is 21.5 Å². The molecule has 0 atom stereocenters. The molecule has 9 nitrogen and oxygen atoms in total. The molecule has 0 aliphatic carbocycles. The Kier molecular flexibility index (Phi) is 4.94. The Balaban J connectivity index is 1.66. The number of benzene rings is 2. The number of hydrogen-bond donors (Lipinski definition) is 1. The highest BCUT2D eigenvalue weighted by atomic mass is 32.2. The minimum absolute atomic E-state index is 0.0485. The molecular weight excluding hydrogens is 414 g/mol. The van der Waals surface area contributed by atoms with Gasteiger partial charge in [0.2, 0.25) is 6.39 Å². The quantitative estimate of drug-likeness (QED) is 0.495. The highest BCUT2D eigenvalue weighted by Crippen LogP contribution is 2.34. The molecule has 2 aromatic heterocycles. The van der Waals surface area contributed by atoms with E-state index >= 15 is 0 Å². The molecule has 0 radical (unpaired) electrons. The molecule has 0 aliphatic heterocycles. The van der Waals surface area contributed by atoms with Crippen LogP contribution in [-0.4, -0.2) is 23.6 Å². The van der Waals surface area contributed by atoms with Crippen LogP contribution >= 0.6 is 11.3 Å². The molecule has 4 rings (SSSR count). The molecule has 0 bridgehead atoms. The van der Waals surface area contributed by atoms with E-state index in [1.165, 1.54) is 30.8 Å². The molecule has 0 spiro atoms. The van der Waals surface area contributed by atoms with Crippen molar-refractivity contribution in [3.05, 3.63) is 66.0 Å². The first-order chi connectivity index (χ1) is 14.1. The molecule has 4 aromatic rings. The Bertz CT molecular complexity index is 1280. The van der Waals surface area contributed by atoms with Crippen LogP contribution in [0.15, 0.2) is 69.7 Å². The molecule has 2 aromatic carbocycles. The second kappa shape index (κ2) is 7.70. The molecule has 29 heavy (non-hydrogen) atoms. The Labute approximate surface area is 169 Å². The molecule has 0 unspecified atom stereocenters.